The second-order valence-corrected chi connectivity index (χ2v) is 2.98. The Bertz CT molecular complexity index is 137. The SMILES string of the molecule is Cl.O=C(Cl)CCN1CCOCC1. The van der Waals surface area contributed by atoms with Crippen LogP contribution in [0, 0.1) is 0 Å². The normalized spacial score (nSPS) is 18.4. The first-order valence-corrected chi connectivity index (χ1v) is 4.15. The summed E-state index contributed by atoms with van der Waals surface area (Å²) < 4.78 is 5.15. The minimum absolute atomic E-state index is 0. The molecular weight excluding hydrogens is 201 g/mol. The molecule has 72 valence electrons. The van der Waals surface area contributed by atoms with E-state index in [9.17, 15) is 4.79 Å². The fourth-order valence-corrected chi connectivity index (χ4v) is 1.16. The van der Waals surface area contributed by atoms with Gasteiger partial charge in [-0.3, -0.25) is 9.69 Å². The van der Waals surface area contributed by atoms with Gasteiger partial charge in [-0.15, -0.1) is 12.4 Å². The molecule has 1 aliphatic rings. The minimum Gasteiger partial charge on any atom is -0.379 e. The smallest absolute Gasteiger partial charge is 0.222 e. The first kappa shape index (κ1) is 12.2. The highest BCUT2D eigenvalue weighted by Gasteiger charge is 2.10. The van der Waals surface area contributed by atoms with Crippen LogP contribution >= 0.6 is 24.0 Å². The van der Waals surface area contributed by atoms with Gasteiger partial charge in [0.1, 0.15) is 0 Å². The molecule has 0 radical (unpaired) electrons. The molecular formula is C7H13Cl2NO2. The van der Waals surface area contributed by atoms with E-state index in [4.69, 9.17) is 16.3 Å². The van der Waals surface area contributed by atoms with E-state index in [-0.39, 0.29) is 17.6 Å². The lowest BCUT2D eigenvalue weighted by molar-refractivity contribution is -0.112. The fraction of sp³-hybridized carbons (Fsp3) is 0.857. The number of rotatable bonds is 3. The van der Waals surface area contributed by atoms with Gasteiger partial charge in [-0.25, -0.2) is 0 Å². The molecule has 5 heteroatoms. The summed E-state index contributed by atoms with van der Waals surface area (Å²) in [6.45, 7) is 4.16. The van der Waals surface area contributed by atoms with Crippen LogP contribution < -0.4 is 0 Å². The van der Waals surface area contributed by atoms with Gasteiger partial charge >= 0.3 is 0 Å². The number of ether oxygens (including phenoxy) is 1. The van der Waals surface area contributed by atoms with Gasteiger partial charge in [0.2, 0.25) is 5.24 Å². The Balaban J connectivity index is 0.00000121. The van der Waals surface area contributed by atoms with Crippen LogP contribution in [0.1, 0.15) is 6.42 Å². The molecule has 1 heterocycles. The summed E-state index contributed by atoms with van der Waals surface area (Å²) in [7, 11) is 0. The molecule has 1 aliphatic heterocycles. The van der Waals surface area contributed by atoms with Gasteiger partial charge in [0.25, 0.3) is 0 Å². The van der Waals surface area contributed by atoms with Gasteiger partial charge < -0.3 is 4.74 Å². The predicted octanol–water partition coefficient (Wildman–Crippen LogP) is 0.896. The quantitative estimate of drug-likeness (QED) is 0.653. The van der Waals surface area contributed by atoms with Crippen molar-refractivity contribution in [2.45, 2.75) is 6.42 Å². The van der Waals surface area contributed by atoms with Gasteiger partial charge in [0.15, 0.2) is 0 Å². The Labute approximate surface area is 83.4 Å². The third-order valence-corrected chi connectivity index (χ3v) is 1.92. The maximum Gasteiger partial charge on any atom is 0.222 e. The highest BCUT2D eigenvalue weighted by atomic mass is 35.5. The zero-order chi connectivity index (χ0) is 8.10. The number of carbonyl (C=O) groups excluding carboxylic acids is 1. The van der Waals surface area contributed by atoms with E-state index in [0.717, 1.165) is 32.8 Å². The van der Waals surface area contributed by atoms with Gasteiger partial charge in [-0.2, -0.15) is 0 Å². The van der Waals surface area contributed by atoms with Crippen molar-refractivity contribution in [3.8, 4) is 0 Å². The third kappa shape index (κ3) is 4.93. The van der Waals surface area contributed by atoms with Crippen LogP contribution in [0.15, 0.2) is 0 Å². The summed E-state index contributed by atoms with van der Waals surface area (Å²) in [5.74, 6) is 0. The molecule has 0 aromatic carbocycles. The summed E-state index contributed by atoms with van der Waals surface area (Å²) in [4.78, 5) is 12.6. The van der Waals surface area contributed by atoms with Crippen molar-refractivity contribution in [2.24, 2.45) is 0 Å². The first-order valence-electron chi connectivity index (χ1n) is 3.77. The van der Waals surface area contributed by atoms with Crippen molar-refractivity contribution in [3.63, 3.8) is 0 Å². The summed E-state index contributed by atoms with van der Waals surface area (Å²) in [6, 6.07) is 0. The van der Waals surface area contributed by atoms with Crippen molar-refractivity contribution in [1.82, 2.24) is 4.90 Å². The Morgan fingerprint density at radius 3 is 2.50 bits per heavy atom. The molecule has 3 nitrogen and oxygen atoms in total. The summed E-state index contributed by atoms with van der Waals surface area (Å²) in [5.41, 5.74) is 0. The molecule has 0 aliphatic carbocycles. The molecule has 0 bridgehead atoms. The molecule has 0 N–H and O–H groups in total. The van der Waals surface area contributed by atoms with Crippen LogP contribution in [-0.4, -0.2) is 43.0 Å². The van der Waals surface area contributed by atoms with Crippen molar-refractivity contribution in [3.05, 3.63) is 0 Å². The van der Waals surface area contributed by atoms with Crippen LogP contribution in [0.4, 0.5) is 0 Å². The summed E-state index contributed by atoms with van der Waals surface area (Å²) in [6.07, 6.45) is 0.446. The maximum atomic E-state index is 10.4. The average Bonchev–Trinajstić information content (AvgIpc) is 2.03. The molecule has 12 heavy (non-hydrogen) atoms. The molecule has 1 fully saturated rings. The zero-order valence-corrected chi connectivity index (χ0v) is 8.36. The number of hydrogen-bond donors (Lipinski definition) is 0. The van der Waals surface area contributed by atoms with Crippen molar-refractivity contribution in [2.75, 3.05) is 32.8 Å². The van der Waals surface area contributed by atoms with Crippen LogP contribution in [0.25, 0.3) is 0 Å². The van der Waals surface area contributed by atoms with Gasteiger partial charge in [-0.05, 0) is 11.6 Å². The molecule has 0 atom stereocenters. The molecule has 1 rings (SSSR count). The second-order valence-electron chi connectivity index (χ2n) is 2.56. The lowest BCUT2D eigenvalue weighted by atomic mass is 10.3. The lowest BCUT2D eigenvalue weighted by Crippen LogP contribution is -2.37. The molecule has 0 spiro atoms. The predicted molar refractivity (Wildman–Crippen MR) is 50.0 cm³/mol. The summed E-state index contributed by atoms with van der Waals surface area (Å²) >= 11 is 5.20. The van der Waals surface area contributed by atoms with E-state index in [1.807, 2.05) is 0 Å². The largest absolute Gasteiger partial charge is 0.379 e. The monoisotopic (exact) mass is 213 g/mol. The minimum atomic E-state index is -0.253. The Morgan fingerprint density at radius 1 is 1.42 bits per heavy atom. The summed E-state index contributed by atoms with van der Waals surface area (Å²) in [5, 5.41) is -0.253. The topological polar surface area (TPSA) is 29.5 Å². The standard InChI is InChI=1S/C7H12ClNO2.ClH/c8-7(10)1-2-9-3-5-11-6-4-9;/h1-6H2;1H. The number of hydrogen-bond acceptors (Lipinski definition) is 3. The number of nitrogens with zero attached hydrogens (tertiary/aromatic N) is 1. The van der Waals surface area contributed by atoms with Crippen LogP contribution in [0.2, 0.25) is 0 Å². The van der Waals surface area contributed by atoms with Crippen LogP contribution in [-0.2, 0) is 9.53 Å². The maximum absolute atomic E-state index is 10.4. The van der Waals surface area contributed by atoms with Crippen LogP contribution in [0.3, 0.4) is 0 Å². The van der Waals surface area contributed by atoms with Crippen molar-refractivity contribution >= 4 is 29.3 Å². The first-order chi connectivity index (χ1) is 5.29. The molecule has 0 aromatic rings. The highest BCUT2D eigenvalue weighted by Crippen LogP contribution is 1.99. The van der Waals surface area contributed by atoms with E-state index < -0.39 is 0 Å². The van der Waals surface area contributed by atoms with E-state index in [0.29, 0.717) is 6.42 Å². The third-order valence-electron chi connectivity index (χ3n) is 1.73. The van der Waals surface area contributed by atoms with E-state index in [2.05, 4.69) is 4.90 Å². The molecule has 0 amide bonds. The average molecular weight is 214 g/mol. The van der Waals surface area contributed by atoms with E-state index in [1.165, 1.54) is 0 Å². The zero-order valence-electron chi connectivity index (χ0n) is 6.79. The van der Waals surface area contributed by atoms with Crippen molar-refractivity contribution < 1.29 is 9.53 Å². The van der Waals surface area contributed by atoms with Gasteiger partial charge in [0.05, 0.1) is 13.2 Å². The molecule has 1 saturated heterocycles. The highest BCUT2D eigenvalue weighted by molar-refractivity contribution is 6.63. The lowest BCUT2D eigenvalue weighted by Gasteiger charge is -2.25. The molecule has 0 unspecified atom stereocenters. The number of morpholine rings is 1. The fourth-order valence-electron chi connectivity index (χ4n) is 1.07. The second kappa shape index (κ2) is 6.66. The Hall–Kier alpha value is 0.170. The van der Waals surface area contributed by atoms with E-state index >= 15 is 0 Å². The Kier molecular flexibility index (Phi) is 6.76. The van der Waals surface area contributed by atoms with Gasteiger partial charge in [-0.1, -0.05) is 0 Å². The molecule has 0 aromatic heterocycles. The molecule has 0 saturated carbocycles. The van der Waals surface area contributed by atoms with E-state index in [1.54, 1.807) is 0 Å². The number of carbonyl (C=O) groups is 1. The Morgan fingerprint density at radius 2 is 2.00 bits per heavy atom. The number of halogens is 2. The van der Waals surface area contributed by atoms with Crippen molar-refractivity contribution in [1.29, 1.82) is 0 Å². The van der Waals surface area contributed by atoms with Gasteiger partial charge in [0, 0.05) is 26.1 Å². The van der Waals surface area contributed by atoms with Crippen LogP contribution in [0.5, 0.6) is 0 Å².